The third-order valence-corrected chi connectivity index (χ3v) is 3.45. The second kappa shape index (κ2) is 3.16. The molecule has 2 aromatic rings. The van der Waals surface area contributed by atoms with Crippen molar-refractivity contribution in [2.24, 2.45) is 0 Å². The summed E-state index contributed by atoms with van der Waals surface area (Å²) >= 11 is 7.83. The lowest BCUT2D eigenvalue weighted by Crippen LogP contribution is -1.75. The highest BCUT2D eigenvalue weighted by molar-refractivity contribution is 14.1. The monoisotopic (exact) mass is 310 g/mol. The summed E-state index contributed by atoms with van der Waals surface area (Å²) in [5, 5.41) is 2.16. The Labute approximate surface area is 92.3 Å². The number of fused-ring (bicyclic) bond motifs is 1. The molecule has 0 bridgehead atoms. The van der Waals surface area contributed by atoms with Gasteiger partial charge in [0.2, 0.25) is 0 Å². The van der Waals surface area contributed by atoms with Crippen LogP contribution in [0.25, 0.3) is 10.1 Å². The van der Waals surface area contributed by atoms with Crippen LogP contribution >= 0.6 is 46.6 Å². The lowest BCUT2D eigenvalue weighted by molar-refractivity contribution is 0.642. The van der Waals surface area contributed by atoms with E-state index in [4.69, 9.17) is 0 Å². The predicted octanol–water partition coefficient (Wildman–Crippen LogP) is 3.93. The van der Waals surface area contributed by atoms with Gasteiger partial charge in [-0.05, 0) is 34.7 Å². The zero-order valence-corrected chi connectivity index (χ0v) is 9.71. The Hall–Kier alpha value is 0.190. The molecule has 2 rings (SSSR count). The summed E-state index contributed by atoms with van der Waals surface area (Å²) in [7, 11) is 0. The van der Waals surface area contributed by atoms with Gasteiger partial charge in [0.05, 0.1) is 0 Å². The summed E-state index contributed by atoms with van der Waals surface area (Å²) in [6.45, 7) is 0. The molecule has 1 heterocycles. The van der Waals surface area contributed by atoms with Crippen LogP contribution in [0, 0.1) is 9.39 Å². The Balaban J connectivity index is 2.93. The molecular weight excluding hydrogens is 306 g/mol. The normalized spacial score (nSPS) is 10.9. The first-order chi connectivity index (χ1) is 5.68. The largest absolute Gasteiger partial charge is 0.205 e. The maximum absolute atomic E-state index is 13.1. The number of hydrogen-bond acceptors (Lipinski definition) is 2. The maximum Gasteiger partial charge on any atom is 0.142 e. The molecule has 0 spiro atoms. The molecule has 0 aliphatic rings. The number of rotatable bonds is 0. The molecule has 0 radical (unpaired) electrons. The van der Waals surface area contributed by atoms with Crippen molar-refractivity contribution in [2.45, 2.75) is 4.90 Å². The van der Waals surface area contributed by atoms with Gasteiger partial charge in [0.1, 0.15) is 5.82 Å². The summed E-state index contributed by atoms with van der Waals surface area (Å²) in [6.07, 6.45) is 0. The van der Waals surface area contributed by atoms with Crippen molar-refractivity contribution in [1.82, 2.24) is 0 Å². The molecule has 0 nitrogen and oxygen atoms in total. The van der Waals surface area contributed by atoms with Gasteiger partial charge in [-0.1, -0.05) is 0 Å². The van der Waals surface area contributed by atoms with Crippen LogP contribution in [0.15, 0.2) is 22.4 Å². The number of thiol groups is 1. The van der Waals surface area contributed by atoms with E-state index in [0.29, 0.717) is 5.39 Å². The van der Waals surface area contributed by atoms with Crippen molar-refractivity contribution in [3.63, 3.8) is 0 Å². The minimum atomic E-state index is -0.170. The Morgan fingerprint density at radius 3 is 2.92 bits per heavy atom. The average Bonchev–Trinajstić information content (AvgIpc) is 2.31. The molecule has 0 N–H and O–H groups in total. The van der Waals surface area contributed by atoms with Crippen LogP contribution in [0.2, 0.25) is 0 Å². The second-order valence-corrected chi connectivity index (χ2v) is 5.02. The fourth-order valence-electron chi connectivity index (χ4n) is 1.08. The topological polar surface area (TPSA) is 0 Å². The van der Waals surface area contributed by atoms with Crippen molar-refractivity contribution in [3.05, 3.63) is 26.9 Å². The SMILES string of the molecule is Fc1csc2cc(I)cc(S)c12. The zero-order chi connectivity index (χ0) is 8.72. The van der Waals surface area contributed by atoms with Crippen molar-refractivity contribution in [2.75, 3.05) is 0 Å². The molecule has 0 saturated heterocycles. The van der Waals surface area contributed by atoms with E-state index >= 15 is 0 Å². The number of thiophene rings is 1. The fraction of sp³-hybridized carbons (Fsp3) is 0. The van der Waals surface area contributed by atoms with Gasteiger partial charge in [0, 0.05) is 23.9 Å². The van der Waals surface area contributed by atoms with E-state index in [2.05, 4.69) is 35.2 Å². The van der Waals surface area contributed by atoms with Gasteiger partial charge in [-0.2, -0.15) is 0 Å². The van der Waals surface area contributed by atoms with Gasteiger partial charge in [-0.3, -0.25) is 0 Å². The van der Waals surface area contributed by atoms with Crippen LogP contribution in [-0.4, -0.2) is 0 Å². The Morgan fingerprint density at radius 2 is 2.17 bits per heavy atom. The zero-order valence-electron chi connectivity index (χ0n) is 5.84. The molecule has 1 aromatic heterocycles. The minimum absolute atomic E-state index is 0.170. The summed E-state index contributed by atoms with van der Waals surface area (Å²) in [4.78, 5) is 0.718. The molecule has 0 amide bonds. The van der Waals surface area contributed by atoms with Gasteiger partial charge < -0.3 is 0 Å². The summed E-state index contributed by atoms with van der Waals surface area (Å²) in [5.41, 5.74) is 0. The van der Waals surface area contributed by atoms with E-state index < -0.39 is 0 Å². The van der Waals surface area contributed by atoms with Crippen LogP contribution in [-0.2, 0) is 0 Å². The number of hydrogen-bond donors (Lipinski definition) is 1. The highest BCUT2D eigenvalue weighted by Crippen LogP contribution is 2.31. The highest BCUT2D eigenvalue weighted by atomic mass is 127. The van der Waals surface area contributed by atoms with E-state index in [0.717, 1.165) is 13.2 Å². The Kier molecular flexibility index (Phi) is 2.31. The molecule has 62 valence electrons. The first-order valence-electron chi connectivity index (χ1n) is 3.23. The highest BCUT2D eigenvalue weighted by Gasteiger charge is 2.07. The summed E-state index contributed by atoms with van der Waals surface area (Å²) in [5.74, 6) is -0.170. The van der Waals surface area contributed by atoms with Crippen LogP contribution in [0.5, 0.6) is 0 Å². The maximum atomic E-state index is 13.1. The van der Waals surface area contributed by atoms with E-state index in [9.17, 15) is 4.39 Å². The van der Waals surface area contributed by atoms with E-state index in [1.54, 1.807) is 0 Å². The van der Waals surface area contributed by atoms with Crippen LogP contribution in [0.4, 0.5) is 4.39 Å². The molecule has 0 unspecified atom stereocenters. The van der Waals surface area contributed by atoms with Crippen molar-refractivity contribution in [1.29, 1.82) is 0 Å². The number of halogens is 2. The van der Waals surface area contributed by atoms with Gasteiger partial charge in [0.25, 0.3) is 0 Å². The first-order valence-corrected chi connectivity index (χ1v) is 5.64. The summed E-state index contributed by atoms with van der Waals surface area (Å²) < 4.78 is 15.2. The van der Waals surface area contributed by atoms with Crippen LogP contribution in [0.1, 0.15) is 0 Å². The minimum Gasteiger partial charge on any atom is -0.205 e. The van der Waals surface area contributed by atoms with Crippen molar-refractivity contribution >= 4 is 56.6 Å². The van der Waals surface area contributed by atoms with Crippen molar-refractivity contribution < 1.29 is 4.39 Å². The van der Waals surface area contributed by atoms with E-state index in [1.807, 2.05) is 12.1 Å². The molecule has 0 fully saturated rings. The lowest BCUT2D eigenvalue weighted by atomic mass is 10.2. The van der Waals surface area contributed by atoms with E-state index in [1.165, 1.54) is 16.7 Å². The van der Waals surface area contributed by atoms with Gasteiger partial charge in [0.15, 0.2) is 0 Å². The molecular formula is C8H4FIS2. The number of benzene rings is 1. The average molecular weight is 310 g/mol. The molecule has 0 aliphatic carbocycles. The smallest absolute Gasteiger partial charge is 0.142 e. The van der Waals surface area contributed by atoms with Gasteiger partial charge in [-0.25, -0.2) is 4.39 Å². The molecule has 0 saturated carbocycles. The quantitative estimate of drug-likeness (QED) is 0.553. The third-order valence-electron chi connectivity index (χ3n) is 1.57. The summed E-state index contributed by atoms with van der Waals surface area (Å²) in [6, 6.07) is 3.82. The second-order valence-electron chi connectivity index (χ2n) is 2.38. The predicted molar refractivity (Wildman–Crippen MR) is 61.8 cm³/mol. The third kappa shape index (κ3) is 1.36. The molecule has 0 atom stereocenters. The molecule has 4 heteroatoms. The van der Waals surface area contributed by atoms with Gasteiger partial charge in [-0.15, -0.1) is 24.0 Å². The van der Waals surface area contributed by atoms with Crippen LogP contribution < -0.4 is 0 Å². The Bertz CT molecular complexity index is 436. The molecule has 1 aromatic carbocycles. The molecule has 0 aliphatic heterocycles. The lowest BCUT2D eigenvalue weighted by Gasteiger charge is -1.96. The standard InChI is InChI=1S/C8H4FIS2/c9-5-3-12-7-2-4(10)1-6(11)8(5)7/h1-3,11H. The van der Waals surface area contributed by atoms with Crippen LogP contribution in [0.3, 0.4) is 0 Å². The van der Waals surface area contributed by atoms with E-state index in [-0.39, 0.29) is 5.82 Å². The molecule has 12 heavy (non-hydrogen) atoms. The van der Waals surface area contributed by atoms with Crippen molar-refractivity contribution in [3.8, 4) is 0 Å². The van der Waals surface area contributed by atoms with Gasteiger partial charge >= 0.3 is 0 Å². The first kappa shape index (κ1) is 8.77. The fourth-order valence-corrected chi connectivity index (χ4v) is 3.47. The Morgan fingerprint density at radius 1 is 1.42 bits per heavy atom.